The van der Waals surface area contributed by atoms with E-state index in [1.807, 2.05) is 24.9 Å². The monoisotopic (exact) mass is 331 g/mol. The molecular weight excluding hydrogens is 302 g/mol. The highest BCUT2D eigenvalue weighted by Crippen LogP contribution is 2.26. The molecule has 2 unspecified atom stereocenters. The van der Waals surface area contributed by atoms with E-state index in [4.69, 9.17) is 0 Å². The van der Waals surface area contributed by atoms with Gasteiger partial charge in [-0.05, 0) is 51.2 Å². The third-order valence-electron chi connectivity index (χ3n) is 5.52. The zero-order chi connectivity index (χ0) is 17.1. The minimum Gasteiger partial charge on any atom is -0.393 e. The second-order valence-electron chi connectivity index (χ2n) is 7.38. The van der Waals surface area contributed by atoms with Gasteiger partial charge in [-0.1, -0.05) is 6.07 Å². The molecule has 3 heterocycles. The molecule has 5 heteroatoms. The van der Waals surface area contributed by atoms with Crippen LogP contribution in [0.5, 0.6) is 0 Å². The van der Waals surface area contributed by atoms with Crippen LogP contribution in [0.3, 0.4) is 0 Å². The average Bonchev–Trinajstić information content (AvgIpc) is 2.62. The molecule has 3 rings (SSSR count). The molecule has 2 saturated heterocycles. The van der Waals surface area contributed by atoms with E-state index in [0.29, 0.717) is 0 Å². The molecule has 0 aromatic carbocycles. The molecule has 0 saturated carbocycles. The van der Waals surface area contributed by atoms with Crippen LogP contribution in [0, 0.1) is 18.8 Å². The Morgan fingerprint density at radius 3 is 2.62 bits per heavy atom. The summed E-state index contributed by atoms with van der Waals surface area (Å²) < 4.78 is 0. The molecule has 1 amide bonds. The number of carbonyl (C=O) groups excluding carboxylic acids is 1. The Hall–Kier alpha value is -1.62. The van der Waals surface area contributed by atoms with E-state index < -0.39 is 0 Å². The van der Waals surface area contributed by atoms with E-state index in [0.717, 1.165) is 57.7 Å². The van der Waals surface area contributed by atoms with Crippen LogP contribution in [0.2, 0.25) is 0 Å². The van der Waals surface area contributed by atoms with Gasteiger partial charge < -0.3 is 14.9 Å². The van der Waals surface area contributed by atoms with Crippen molar-refractivity contribution in [3.63, 3.8) is 0 Å². The first-order valence-electron chi connectivity index (χ1n) is 9.19. The number of amides is 1. The first-order valence-corrected chi connectivity index (χ1v) is 9.19. The lowest BCUT2D eigenvalue weighted by molar-refractivity contribution is -0.138. The van der Waals surface area contributed by atoms with Crippen molar-refractivity contribution in [1.29, 1.82) is 0 Å². The fraction of sp³-hybridized carbons (Fsp3) is 0.684. The maximum Gasteiger partial charge on any atom is 0.225 e. The van der Waals surface area contributed by atoms with Crippen LogP contribution in [-0.2, 0) is 4.79 Å². The Morgan fingerprint density at radius 2 is 2.00 bits per heavy atom. The Kier molecular flexibility index (Phi) is 5.39. The largest absolute Gasteiger partial charge is 0.393 e. The first-order chi connectivity index (χ1) is 11.5. The number of likely N-dealkylation sites (tertiary alicyclic amines) is 1. The summed E-state index contributed by atoms with van der Waals surface area (Å²) in [5.41, 5.74) is 1.17. The van der Waals surface area contributed by atoms with Crippen LogP contribution in [0.25, 0.3) is 0 Å². The summed E-state index contributed by atoms with van der Waals surface area (Å²) in [6, 6.07) is 4.15. The maximum atomic E-state index is 12.8. The lowest BCUT2D eigenvalue weighted by Crippen LogP contribution is -2.47. The Labute approximate surface area is 144 Å². The molecule has 24 heavy (non-hydrogen) atoms. The van der Waals surface area contributed by atoms with Crippen LogP contribution in [-0.4, -0.2) is 53.2 Å². The molecule has 2 atom stereocenters. The molecule has 2 aliphatic rings. The van der Waals surface area contributed by atoms with E-state index in [1.54, 1.807) is 0 Å². The van der Waals surface area contributed by atoms with E-state index in [9.17, 15) is 9.90 Å². The molecule has 1 aromatic heterocycles. The summed E-state index contributed by atoms with van der Waals surface area (Å²) in [6.07, 6.45) is 5.40. The molecule has 5 nitrogen and oxygen atoms in total. The summed E-state index contributed by atoms with van der Waals surface area (Å²) in [5.74, 6) is 1.66. The zero-order valence-corrected chi connectivity index (χ0v) is 14.8. The van der Waals surface area contributed by atoms with Crippen molar-refractivity contribution >= 4 is 11.7 Å². The van der Waals surface area contributed by atoms with Crippen LogP contribution in [0.1, 0.15) is 38.2 Å². The van der Waals surface area contributed by atoms with Gasteiger partial charge in [0.05, 0.1) is 6.10 Å². The minimum atomic E-state index is -0.324. The number of aryl methyl sites for hydroxylation is 1. The van der Waals surface area contributed by atoms with E-state index in [-0.39, 0.29) is 23.8 Å². The average molecular weight is 331 g/mol. The minimum absolute atomic E-state index is 0.124. The van der Waals surface area contributed by atoms with Gasteiger partial charge in [0.1, 0.15) is 5.82 Å². The number of aromatic nitrogens is 1. The summed E-state index contributed by atoms with van der Waals surface area (Å²) >= 11 is 0. The van der Waals surface area contributed by atoms with Crippen LogP contribution in [0.15, 0.2) is 18.3 Å². The zero-order valence-electron chi connectivity index (χ0n) is 14.8. The standard InChI is InChI=1S/C19H29N3O2/c1-14-5-6-18(20-12-14)21-10-7-16(8-11-21)19(24)22-9-3-4-17(13-22)15(2)23/h5-6,12,15-17,23H,3-4,7-11,13H2,1-2H3. The molecule has 1 aromatic rings. The molecular formula is C19H29N3O2. The Morgan fingerprint density at radius 1 is 1.25 bits per heavy atom. The molecule has 0 spiro atoms. The van der Waals surface area contributed by atoms with Crippen molar-refractivity contribution in [1.82, 2.24) is 9.88 Å². The highest BCUT2D eigenvalue weighted by molar-refractivity contribution is 5.79. The summed E-state index contributed by atoms with van der Waals surface area (Å²) in [4.78, 5) is 21.6. The van der Waals surface area contributed by atoms with Crippen LogP contribution < -0.4 is 4.90 Å². The van der Waals surface area contributed by atoms with Crippen LogP contribution in [0.4, 0.5) is 5.82 Å². The van der Waals surface area contributed by atoms with Gasteiger partial charge in [0.2, 0.25) is 5.91 Å². The summed E-state index contributed by atoms with van der Waals surface area (Å²) in [7, 11) is 0. The highest BCUT2D eigenvalue weighted by atomic mass is 16.3. The second kappa shape index (κ2) is 7.51. The molecule has 2 fully saturated rings. The van der Waals surface area contributed by atoms with Crippen molar-refractivity contribution < 1.29 is 9.90 Å². The highest BCUT2D eigenvalue weighted by Gasteiger charge is 2.32. The van der Waals surface area contributed by atoms with Gasteiger partial charge in [-0.25, -0.2) is 4.98 Å². The first kappa shape index (κ1) is 17.2. The van der Waals surface area contributed by atoms with Crippen LogP contribution >= 0.6 is 0 Å². The topological polar surface area (TPSA) is 56.7 Å². The Balaban J connectivity index is 1.54. The number of hydrogen-bond acceptors (Lipinski definition) is 4. The number of aliphatic hydroxyl groups excluding tert-OH is 1. The molecule has 2 aliphatic heterocycles. The van der Waals surface area contributed by atoms with Crippen molar-refractivity contribution in [3.8, 4) is 0 Å². The van der Waals surface area contributed by atoms with Gasteiger partial charge >= 0.3 is 0 Å². The van der Waals surface area contributed by atoms with Crippen molar-refractivity contribution in [3.05, 3.63) is 23.9 Å². The smallest absolute Gasteiger partial charge is 0.225 e. The number of nitrogens with zero attached hydrogens (tertiary/aromatic N) is 3. The number of pyridine rings is 1. The van der Waals surface area contributed by atoms with Crippen molar-refractivity contribution in [2.45, 2.75) is 45.6 Å². The fourth-order valence-corrected chi connectivity index (χ4v) is 3.86. The van der Waals surface area contributed by atoms with E-state index in [2.05, 4.69) is 22.0 Å². The molecule has 0 aliphatic carbocycles. The predicted molar refractivity (Wildman–Crippen MR) is 94.9 cm³/mol. The maximum absolute atomic E-state index is 12.8. The molecule has 132 valence electrons. The number of anilines is 1. The molecule has 0 radical (unpaired) electrons. The fourth-order valence-electron chi connectivity index (χ4n) is 3.86. The summed E-state index contributed by atoms with van der Waals surface area (Å²) in [6.45, 7) is 7.23. The van der Waals surface area contributed by atoms with Gasteiger partial charge in [0.15, 0.2) is 0 Å². The Bertz CT molecular complexity index is 550. The van der Waals surface area contributed by atoms with Gasteiger partial charge in [-0.2, -0.15) is 0 Å². The quantitative estimate of drug-likeness (QED) is 0.923. The van der Waals surface area contributed by atoms with Gasteiger partial charge in [0.25, 0.3) is 0 Å². The van der Waals surface area contributed by atoms with Gasteiger partial charge in [-0.3, -0.25) is 4.79 Å². The number of hydrogen-bond donors (Lipinski definition) is 1. The number of rotatable bonds is 3. The lowest BCUT2D eigenvalue weighted by Gasteiger charge is -2.38. The van der Waals surface area contributed by atoms with Crippen molar-refractivity contribution in [2.24, 2.45) is 11.8 Å². The normalized spacial score (nSPS) is 24.0. The van der Waals surface area contributed by atoms with E-state index >= 15 is 0 Å². The van der Waals surface area contributed by atoms with Gasteiger partial charge in [0, 0.05) is 44.2 Å². The SMILES string of the molecule is Cc1ccc(N2CCC(C(=O)N3CCCC(C(C)O)C3)CC2)nc1. The van der Waals surface area contributed by atoms with E-state index in [1.165, 1.54) is 5.56 Å². The van der Waals surface area contributed by atoms with Gasteiger partial charge in [-0.15, -0.1) is 0 Å². The molecule has 1 N–H and O–H groups in total. The second-order valence-corrected chi connectivity index (χ2v) is 7.38. The third kappa shape index (κ3) is 3.89. The third-order valence-corrected chi connectivity index (χ3v) is 5.52. The van der Waals surface area contributed by atoms with Crippen molar-refractivity contribution in [2.75, 3.05) is 31.1 Å². The summed E-state index contributed by atoms with van der Waals surface area (Å²) in [5, 5.41) is 9.82. The predicted octanol–water partition coefficient (Wildman–Crippen LogP) is 2.23. The number of piperidine rings is 2. The number of carbonyl (C=O) groups is 1. The molecule has 0 bridgehead atoms. The lowest BCUT2D eigenvalue weighted by atomic mass is 9.90. The number of aliphatic hydroxyl groups is 1.